The van der Waals surface area contributed by atoms with Gasteiger partial charge in [0.15, 0.2) is 0 Å². The number of amides is 1. The predicted molar refractivity (Wildman–Crippen MR) is 70.9 cm³/mol. The Kier molecular flexibility index (Phi) is 4.44. The summed E-state index contributed by atoms with van der Waals surface area (Å²) in [6.45, 7) is 3.87. The van der Waals surface area contributed by atoms with Crippen LogP contribution < -0.4 is 11.1 Å². The van der Waals surface area contributed by atoms with Crippen LogP contribution in [0.15, 0.2) is 18.2 Å². The molecule has 1 rings (SSSR count). The summed E-state index contributed by atoms with van der Waals surface area (Å²) in [5.74, 6) is -0.469. The van der Waals surface area contributed by atoms with Crippen molar-refractivity contribution in [3.8, 4) is 0 Å². The zero-order valence-electron chi connectivity index (χ0n) is 11.1. The molecule has 1 aromatic rings. The molecule has 0 fully saturated rings. The number of nitrogen functional groups attached to an aromatic ring is 1. The molecule has 0 aliphatic rings. The fraction of sp³-hybridized carbons (Fsp3) is 0.417. The molecular formula is C12H17N3O4. The van der Waals surface area contributed by atoms with Gasteiger partial charge in [-0.05, 0) is 19.9 Å². The lowest BCUT2D eigenvalue weighted by Gasteiger charge is -2.25. The highest BCUT2D eigenvalue weighted by atomic mass is 16.6. The molecule has 0 aliphatic heterocycles. The number of carbonyl (C=O) groups is 1. The minimum atomic E-state index is -0.594. The van der Waals surface area contributed by atoms with Gasteiger partial charge in [0.2, 0.25) is 0 Å². The number of anilines is 1. The van der Waals surface area contributed by atoms with Crippen molar-refractivity contribution < 1.29 is 14.5 Å². The molecule has 0 aromatic heterocycles. The maximum Gasteiger partial charge on any atom is 0.270 e. The molecule has 1 aromatic carbocycles. The number of carbonyl (C=O) groups excluding carboxylic acids is 1. The Bertz CT molecular complexity index is 500. The van der Waals surface area contributed by atoms with Gasteiger partial charge in [0.1, 0.15) is 0 Å². The summed E-state index contributed by atoms with van der Waals surface area (Å²) >= 11 is 0. The number of non-ortho nitro benzene ring substituents is 1. The van der Waals surface area contributed by atoms with Gasteiger partial charge < -0.3 is 15.8 Å². The zero-order valence-corrected chi connectivity index (χ0v) is 11.1. The molecule has 3 N–H and O–H groups in total. The Morgan fingerprint density at radius 3 is 2.68 bits per heavy atom. The number of ether oxygens (including phenoxy) is 1. The molecular weight excluding hydrogens is 250 g/mol. The number of nitrogens with two attached hydrogens (primary N) is 1. The van der Waals surface area contributed by atoms with E-state index in [0.717, 1.165) is 6.07 Å². The summed E-state index contributed by atoms with van der Waals surface area (Å²) < 4.78 is 4.98. The summed E-state index contributed by atoms with van der Waals surface area (Å²) in [5.41, 5.74) is 5.17. The van der Waals surface area contributed by atoms with Gasteiger partial charge in [0.05, 0.1) is 22.6 Å². The Morgan fingerprint density at radius 1 is 1.53 bits per heavy atom. The molecule has 0 bridgehead atoms. The number of nitro benzene ring substituents is 1. The number of rotatable bonds is 5. The highest BCUT2D eigenvalue weighted by Crippen LogP contribution is 2.20. The highest BCUT2D eigenvalue weighted by Gasteiger charge is 2.23. The van der Waals surface area contributed by atoms with Crippen LogP contribution in [0, 0.1) is 10.1 Å². The first-order valence-corrected chi connectivity index (χ1v) is 5.62. The van der Waals surface area contributed by atoms with Gasteiger partial charge in [-0.1, -0.05) is 0 Å². The summed E-state index contributed by atoms with van der Waals surface area (Å²) in [6.07, 6.45) is 0. The average molecular weight is 267 g/mol. The molecule has 0 heterocycles. The lowest BCUT2D eigenvalue weighted by Crippen LogP contribution is -2.46. The Morgan fingerprint density at radius 2 is 2.16 bits per heavy atom. The first-order chi connectivity index (χ1) is 8.76. The van der Waals surface area contributed by atoms with E-state index in [-0.39, 0.29) is 16.9 Å². The fourth-order valence-corrected chi connectivity index (χ4v) is 1.63. The minimum absolute atomic E-state index is 0.0818. The Balaban J connectivity index is 2.99. The lowest BCUT2D eigenvalue weighted by atomic mass is 10.1. The average Bonchev–Trinajstić information content (AvgIpc) is 2.28. The summed E-state index contributed by atoms with van der Waals surface area (Å²) in [7, 11) is 1.52. The number of hydrogen-bond acceptors (Lipinski definition) is 5. The highest BCUT2D eigenvalue weighted by molar-refractivity contribution is 6.00. The van der Waals surface area contributed by atoms with E-state index in [2.05, 4.69) is 5.32 Å². The predicted octanol–water partition coefficient (Wildman–Crippen LogP) is 1.33. The standard InChI is InChI=1S/C12H17N3O4/c1-12(2,7-19-3)14-11(16)9-6-8(15(17)18)4-5-10(9)13/h4-6H,7,13H2,1-3H3,(H,14,16). The topological polar surface area (TPSA) is 107 Å². The zero-order chi connectivity index (χ0) is 14.6. The molecule has 7 nitrogen and oxygen atoms in total. The SMILES string of the molecule is COCC(C)(C)NC(=O)c1cc([N+](=O)[O-])ccc1N. The third kappa shape index (κ3) is 3.92. The number of nitro groups is 1. The molecule has 104 valence electrons. The van der Waals surface area contributed by atoms with Crippen molar-refractivity contribution in [1.82, 2.24) is 5.32 Å². The van der Waals surface area contributed by atoms with E-state index in [4.69, 9.17) is 10.5 Å². The maximum absolute atomic E-state index is 12.1. The quantitative estimate of drug-likeness (QED) is 0.475. The van der Waals surface area contributed by atoms with Crippen LogP contribution in [0.2, 0.25) is 0 Å². The number of nitrogens with zero attached hydrogens (tertiary/aromatic N) is 1. The van der Waals surface area contributed by atoms with Gasteiger partial charge in [0, 0.05) is 24.9 Å². The van der Waals surface area contributed by atoms with E-state index < -0.39 is 16.4 Å². The van der Waals surface area contributed by atoms with Gasteiger partial charge in [-0.2, -0.15) is 0 Å². The summed E-state index contributed by atoms with van der Waals surface area (Å²) in [6, 6.07) is 3.76. The van der Waals surface area contributed by atoms with Crippen LogP contribution in [-0.2, 0) is 4.74 Å². The van der Waals surface area contributed by atoms with Crippen LogP contribution in [0.1, 0.15) is 24.2 Å². The van der Waals surface area contributed by atoms with E-state index in [0.29, 0.717) is 6.61 Å². The van der Waals surface area contributed by atoms with Gasteiger partial charge in [-0.3, -0.25) is 14.9 Å². The summed E-state index contributed by atoms with van der Waals surface area (Å²) in [4.78, 5) is 22.2. The number of benzene rings is 1. The van der Waals surface area contributed by atoms with E-state index in [1.165, 1.54) is 19.2 Å². The first-order valence-electron chi connectivity index (χ1n) is 5.62. The second-order valence-electron chi connectivity index (χ2n) is 4.80. The van der Waals surface area contributed by atoms with Gasteiger partial charge >= 0.3 is 0 Å². The first kappa shape index (κ1) is 14.9. The van der Waals surface area contributed by atoms with E-state index in [9.17, 15) is 14.9 Å². The lowest BCUT2D eigenvalue weighted by molar-refractivity contribution is -0.384. The number of hydrogen-bond donors (Lipinski definition) is 2. The normalized spacial score (nSPS) is 11.1. The van der Waals surface area contributed by atoms with Gasteiger partial charge in [-0.15, -0.1) is 0 Å². The monoisotopic (exact) mass is 267 g/mol. The van der Waals surface area contributed by atoms with Crippen molar-refractivity contribution in [2.75, 3.05) is 19.5 Å². The molecule has 0 aliphatic carbocycles. The van der Waals surface area contributed by atoms with Gasteiger partial charge in [-0.25, -0.2) is 0 Å². The van der Waals surface area contributed by atoms with Gasteiger partial charge in [0.25, 0.3) is 11.6 Å². The van der Waals surface area contributed by atoms with E-state index >= 15 is 0 Å². The van der Waals surface area contributed by atoms with Crippen LogP contribution in [0.3, 0.4) is 0 Å². The van der Waals surface area contributed by atoms with E-state index in [1.807, 2.05) is 0 Å². The number of methoxy groups -OCH3 is 1. The molecule has 0 saturated carbocycles. The Labute approximate surface area is 110 Å². The fourth-order valence-electron chi connectivity index (χ4n) is 1.63. The van der Waals surface area contributed by atoms with Crippen LogP contribution in [0.4, 0.5) is 11.4 Å². The van der Waals surface area contributed by atoms with Crippen LogP contribution in [-0.4, -0.2) is 30.1 Å². The molecule has 0 spiro atoms. The van der Waals surface area contributed by atoms with Crippen LogP contribution in [0.5, 0.6) is 0 Å². The Hall–Kier alpha value is -2.15. The minimum Gasteiger partial charge on any atom is -0.398 e. The largest absolute Gasteiger partial charge is 0.398 e. The molecule has 19 heavy (non-hydrogen) atoms. The smallest absolute Gasteiger partial charge is 0.270 e. The van der Waals surface area contributed by atoms with Crippen molar-refractivity contribution in [2.24, 2.45) is 0 Å². The molecule has 0 radical (unpaired) electrons. The second kappa shape index (κ2) is 5.66. The third-order valence-corrected chi connectivity index (χ3v) is 2.45. The second-order valence-corrected chi connectivity index (χ2v) is 4.80. The number of nitrogens with one attached hydrogen (secondary N) is 1. The summed E-state index contributed by atoms with van der Waals surface area (Å²) in [5, 5.41) is 13.4. The molecule has 0 atom stereocenters. The van der Waals surface area contributed by atoms with Crippen molar-refractivity contribution >= 4 is 17.3 Å². The third-order valence-electron chi connectivity index (χ3n) is 2.45. The van der Waals surface area contributed by atoms with Crippen LogP contribution in [0.25, 0.3) is 0 Å². The van der Waals surface area contributed by atoms with Crippen molar-refractivity contribution in [3.63, 3.8) is 0 Å². The molecule has 0 saturated heterocycles. The molecule has 7 heteroatoms. The van der Waals surface area contributed by atoms with Crippen LogP contribution >= 0.6 is 0 Å². The van der Waals surface area contributed by atoms with Crippen molar-refractivity contribution in [1.29, 1.82) is 0 Å². The molecule has 0 unspecified atom stereocenters. The van der Waals surface area contributed by atoms with Crippen molar-refractivity contribution in [3.05, 3.63) is 33.9 Å². The van der Waals surface area contributed by atoms with E-state index in [1.54, 1.807) is 13.8 Å². The maximum atomic E-state index is 12.1. The molecule has 1 amide bonds. The van der Waals surface area contributed by atoms with Crippen molar-refractivity contribution in [2.45, 2.75) is 19.4 Å².